The van der Waals surface area contributed by atoms with Gasteiger partial charge in [0.25, 0.3) is 0 Å². The Labute approximate surface area is 131 Å². The molecular formula is C18H22N2O2. The number of carbonyl (C=O) groups excluding carboxylic acids is 1. The lowest BCUT2D eigenvalue weighted by Crippen LogP contribution is -2.24. The van der Waals surface area contributed by atoms with Crippen LogP contribution < -0.4 is 10.5 Å². The van der Waals surface area contributed by atoms with Gasteiger partial charge in [0.05, 0.1) is 0 Å². The number of likely N-dealkylation sites (N-methyl/N-ethyl adjacent to an activating group) is 1. The maximum absolute atomic E-state index is 11.0. The fraction of sp³-hybridized carbons (Fsp3) is 0.278. The van der Waals surface area contributed by atoms with Gasteiger partial charge in [-0.3, -0.25) is 9.69 Å². The van der Waals surface area contributed by atoms with E-state index in [1.54, 1.807) is 12.1 Å². The summed E-state index contributed by atoms with van der Waals surface area (Å²) < 4.78 is 5.79. The molecular weight excluding hydrogens is 276 g/mol. The van der Waals surface area contributed by atoms with Crippen LogP contribution in [0.1, 0.15) is 21.5 Å². The topological polar surface area (TPSA) is 55.6 Å². The van der Waals surface area contributed by atoms with Gasteiger partial charge in [0.15, 0.2) is 0 Å². The predicted molar refractivity (Wildman–Crippen MR) is 88.0 cm³/mol. The zero-order valence-corrected chi connectivity index (χ0v) is 13.1. The zero-order valence-electron chi connectivity index (χ0n) is 13.1. The molecule has 22 heavy (non-hydrogen) atoms. The summed E-state index contributed by atoms with van der Waals surface area (Å²) in [6.07, 6.45) is 0. The normalized spacial score (nSPS) is 10.7. The summed E-state index contributed by atoms with van der Waals surface area (Å²) in [6, 6.07) is 15.4. The molecule has 4 heteroatoms. The molecule has 2 N–H and O–H groups in total. The third-order valence-electron chi connectivity index (χ3n) is 3.52. The van der Waals surface area contributed by atoms with Gasteiger partial charge in [0, 0.05) is 18.7 Å². The Morgan fingerprint density at radius 1 is 1.14 bits per heavy atom. The summed E-state index contributed by atoms with van der Waals surface area (Å²) in [7, 11) is 2.04. The Bertz CT molecular complexity index is 623. The van der Waals surface area contributed by atoms with Crippen molar-refractivity contribution in [1.82, 2.24) is 4.90 Å². The van der Waals surface area contributed by atoms with Gasteiger partial charge in [-0.25, -0.2) is 0 Å². The molecule has 0 aliphatic rings. The van der Waals surface area contributed by atoms with Gasteiger partial charge in [0.2, 0.25) is 5.91 Å². The first-order valence-electron chi connectivity index (χ1n) is 7.32. The highest BCUT2D eigenvalue weighted by Crippen LogP contribution is 2.16. The van der Waals surface area contributed by atoms with Crippen LogP contribution in [-0.4, -0.2) is 31.0 Å². The van der Waals surface area contributed by atoms with Gasteiger partial charge in [0.1, 0.15) is 12.4 Å². The van der Waals surface area contributed by atoms with Gasteiger partial charge < -0.3 is 10.5 Å². The monoisotopic (exact) mass is 298 g/mol. The van der Waals surface area contributed by atoms with E-state index in [0.29, 0.717) is 12.2 Å². The molecule has 1 amide bonds. The lowest BCUT2D eigenvalue weighted by atomic mass is 10.1. The van der Waals surface area contributed by atoms with Gasteiger partial charge in [-0.15, -0.1) is 0 Å². The Balaban J connectivity index is 1.79. The average molecular weight is 298 g/mol. The standard InChI is InChI=1S/C18H22N2O2/c1-14-5-3-4-6-17(14)22-12-11-20(2)13-15-7-9-16(10-8-15)18(19)21/h3-10H,11-13H2,1-2H3,(H2,19,21). The Kier molecular flexibility index (Phi) is 5.55. The molecule has 0 radical (unpaired) electrons. The first-order chi connectivity index (χ1) is 10.6. The summed E-state index contributed by atoms with van der Waals surface area (Å²) >= 11 is 0. The lowest BCUT2D eigenvalue weighted by Gasteiger charge is -2.17. The van der Waals surface area contributed by atoms with E-state index in [2.05, 4.69) is 4.90 Å². The van der Waals surface area contributed by atoms with E-state index < -0.39 is 5.91 Å². The number of aryl methyl sites for hydroxylation is 1. The second kappa shape index (κ2) is 7.61. The van der Waals surface area contributed by atoms with Crippen molar-refractivity contribution >= 4 is 5.91 Å². The molecule has 0 aromatic heterocycles. The minimum atomic E-state index is -0.397. The minimum absolute atomic E-state index is 0.397. The number of primary amides is 1. The quantitative estimate of drug-likeness (QED) is 0.855. The van der Waals surface area contributed by atoms with Crippen LogP contribution in [0.5, 0.6) is 5.75 Å². The SMILES string of the molecule is Cc1ccccc1OCCN(C)Cc1ccc(C(N)=O)cc1. The zero-order chi connectivity index (χ0) is 15.9. The van der Waals surface area contributed by atoms with E-state index in [1.165, 1.54) is 0 Å². The van der Waals surface area contributed by atoms with Crippen LogP contribution in [0.2, 0.25) is 0 Å². The second-order valence-electron chi connectivity index (χ2n) is 5.41. The molecule has 2 aromatic rings. The number of para-hydroxylation sites is 1. The number of nitrogens with zero attached hydrogens (tertiary/aromatic N) is 1. The third-order valence-corrected chi connectivity index (χ3v) is 3.52. The van der Waals surface area contributed by atoms with Crippen molar-refractivity contribution < 1.29 is 9.53 Å². The van der Waals surface area contributed by atoms with Gasteiger partial charge in [-0.1, -0.05) is 30.3 Å². The van der Waals surface area contributed by atoms with Crippen LogP contribution in [0, 0.1) is 6.92 Å². The van der Waals surface area contributed by atoms with E-state index in [4.69, 9.17) is 10.5 Å². The van der Waals surface area contributed by atoms with Crippen LogP contribution in [0.25, 0.3) is 0 Å². The van der Waals surface area contributed by atoms with Crippen LogP contribution in [0.3, 0.4) is 0 Å². The Morgan fingerprint density at radius 2 is 1.82 bits per heavy atom. The van der Waals surface area contributed by atoms with Crippen molar-refractivity contribution in [2.75, 3.05) is 20.2 Å². The summed E-state index contributed by atoms with van der Waals surface area (Å²) in [5, 5.41) is 0. The van der Waals surface area contributed by atoms with Crippen molar-refractivity contribution in [2.45, 2.75) is 13.5 Å². The molecule has 0 bridgehead atoms. The average Bonchev–Trinajstić information content (AvgIpc) is 2.50. The summed E-state index contributed by atoms with van der Waals surface area (Å²) in [4.78, 5) is 13.2. The van der Waals surface area contributed by atoms with Crippen LogP contribution >= 0.6 is 0 Å². The molecule has 0 spiro atoms. The second-order valence-corrected chi connectivity index (χ2v) is 5.41. The molecule has 2 rings (SSSR count). The van der Waals surface area contributed by atoms with Crippen molar-refractivity contribution in [1.29, 1.82) is 0 Å². The Morgan fingerprint density at radius 3 is 2.45 bits per heavy atom. The molecule has 0 unspecified atom stereocenters. The van der Waals surface area contributed by atoms with Gasteiger partial charge in [-0.05, 0) is 43.3 Å². The number of benzene rings is 2. The summed E-state index contributed by atoms with van der Waals surface area (Å²) in [5.41, 5.74) is 8.06. The highest BCUT2D eigenvalue weighted by atomic mass is 16.5. The summed E-state index contributed by atoms with van der Waals surface area (Å²) in [5.74, 6) is 0.535. The number of ether oxygens (including phenoxy) is 1. The molecule has 0 aliphatic carbocycles. The van der Waals surface area contributed by atoms with Crippen LogP contribution in [0.15, 0.2) is 48.5 Å². The van der Waals surface area contributed by atoms with Crippen molar-refractivity contribution in [3.63, 3.8) is 0 Å². The van der Waals surface area contributed by atoms with Crippen molar-refractivity contribution in [3.8, 4) is 5.75 Å². The molecule has 116 valence electrons. The first kappa shape index (κ1) is 16.0. The smallest absolute Gasteiger partial charge is 0.248 e. The van der Waals surface area contributed by atoms with E-state index in [-0.39, 0.29) is 0 Å². The minimum Gasteiger partial charge on any atom is -0.492 e. The number of amides is 1. The maximum Gasteiger partial charge on any atom is 0.248 e. The molecule has 0 fully saturated rings. The number of hydrogen-bond acceptors (Lipinski definition) is 3. The maximum atomic E-state index is 11.0. The molecule has 0 heterocycles. The van der Waals surface area contributed by atoms with Gasteiger partial charge >= 0.3 is 0 Å². The van der Waals surface area contributed by atoms with E-state index in [1.807, 2.05) is 50.4 Å². The Hall–Kier alpha value is -2.33. The van der Waals surface area contributed by atoms with Gasteiger partial charge in [-0.2, -0.15) is 0 Å². The van der Waals surface area contributed by atoms with E-state index >= 15 is 0 Å². The molecule has 2 aromatic carbocycles. The van der Waals surface area contributed by atoms with E-state index in [9.17, 15) is 4.79 Å². The predicted octanol–water partition coefficient (Wildman–Crippen LogP) is 2.60. The van der Waals surface area contributed by atoms with Crippen LogP contribution in [-0.2, 0) is 6.54 Å². The fourth-order valence-corrected chi connectivity index (χ4v) is 2.19. The molecule has 0 saturated heterocycles. The number of nitrogens with two attached hydrogens (primary N) is 1. The van der Waals surface area contributed by atoms with Crippen LogP contribution in [0.4, 0.5) is 0 Å². The largest absolute Gasteiger partial charge is 0.492 e. The highest BCUT2D eigenvalue weighted by Gasteiger charge is 2.04. The number of hydrogen-bond donors (Lipinski definition) is 1. The number of carbonyl (C=O) groups is 1. The first-order valence-corrected chi connectivity index (χ1v) is 7.32. The van der Waals surface area contributed by atoms with Crippen molar-refractivity contribution in [2.24, 2.45) is 5.73 Å². The molecule has 4 nitrogen and oxygen atoms in total. The summed E-state index contributed by atoms with van der Waals surface area (Å²) in [6.45, 7) is 4.31. The van der Waals surface area contributed by atoms with E-state index in [0.717, 1.165) is 30.0 Å². The molecule has 0 saturated carbocycles. The third kappa shape index (κ3) is 4.60. The number of rotatable bonds is 7. The van der Waals surface area contributed by atoms with Crippen molar-refractivity contribution in [3.05, 3.63) is 65.2 Å². The fourth-order valence-electron chi connectivity index (χ4n) is 2.19. The highest BCUT2D eigenvalue weighted by molar-refractivity contribution is 5.92. The lowest BCUT2D eigenvalue weighted by molar-refractivity contribution is 0.100. The molecule has 0 aliphatic heterocycles. The molecule has 0 atom stereocenters.